The van der Waals surface area contributed by atoms with E-state index in [1.165, 1.54) is 54.6 Å². The van der Waals surface area contributed by atoms with Crippen molar-refractivity contribution in [3.63, 3.8) is 0 Å². The first kappa shape index (κ1) is 30.6. The number of sulfone groups is 1. The highest BCUT2D eigenvalue weighted by molar-refractivity contribution is 7.92. The second kappa shape index (κ2) is 12.5. The minimum Gasteiger partial charge on any atom is -0.349 e. The molecule has 0 radical (unpaired) electrons. The van der Waals surface area contributed by atoms with E-state index >= 15 is 0 Å². The number of alkyl halides is 6. The Morgan fingerprint density at radius 3 is 1.67 bits per heavy atom. The lowest BCUT2D eigenvalue weighted by molar-refractivity contribution is -0.392. The fourth-order valence-electron chi connectivity index (χ4n) is 4.37. The van der Waals surface area contributed by atoms with Crippen LogP contribution in [0.4, 0.5) is 30.7 Å². The van der Waals surface area contributed by atoms with Gasteiger partial charge in [0.25, 0.3) is 5.60 Å². The van der Waals surface area contributed by atoms with Crippen molar-refractivity contribution in [1.29, 1.82) is 0 Å². The molecular weight excluding hydrogens is 549 g/mol. The van der Waals surface area contributed by atoms with Gasteiger partial charge in [-0.15, -0.1) is 0 Å². The van der Waals surface area contributed by atoms with E-state index in [0.717, 1.165) is 56.4 Å². The van der Waals surface area contributed by atoms with Crippen molar-refractivity contribution in [1.82, 2.24) is 0 Å². The third-order valence-electron chi connectivity index (χ3n) is 6.41. The second-order valence-electron chi connectivity index (χ2n) is 9.08. The normalized spacial score (nSPS) is 15.4. The number of hydrogen-bond acceptors (Lipinski definition) is 3. The molecule has 3 aromatic rings. The van der Waals surface area contributed by atoms with Crippen LogP contribution in [-0.4, -0.2) is 26.0 Å². The molecule has 0 saturated heterocycles. The summed E-state index contributed by atoms with van der Waals surface area (Å²) >= 11 is 0. The summed E-state index contributed by atoms with van der Waals surface area (Å²) in [6, 6.07) is 17.6. The summed E-state index contributed by atoms with van der Waals surface area (Å²) in [6.07, 6.45) is -6.78. The van der Waals surface area contributed by atoms with Crippen molar-refractivity contribution < 1.29 is 43.9 Å². The van der Waals surface area contributed by atoms with E-state index in [1.807, 2.05) is 0 Å². The molecule has 0 spiro atoms. The van der Waals surface area contributed by atoms with Gasteiger partial charge in [-0.2, -0.15) is 26.3 Å². The van der Waals surface area contributed by atoms with Crippen LogP contribution >= 0.6 is 0 Å². The average Bonchev–Trinajstić information content (AvgIpc) is 2.90. The van der Waals surface area contributed by atoms with Crippen molar-refractivity contribution in [3.8, 4) is 0 Å². The van der Waals surface area contributed by atoms with Gasteiger partial charge in [0.15, 0.2) is 9.84 Å². The Bertz CT molecular complexity index is 1250. The number of halogens is 7. The first-order valence-corrected chi connectivity index (χ1v) is 13.7. The molecule has 1 aliphatic carbocycles. The van der Waals surface area contributed by atoms with Crippen LogP contribution in [-0.2, 0) is 26.8 Å². The second-order valence-corrected chi connectivity index (χ2v) is 11.3. The molecule has 4 rings (SSSR count). The molecule has 0 heterocycles. The standard InChI is InChI=1S/C16H12F6O.C12H15FO2S/c17-15(18,19)14(16(20,21)22,13-9-5-2-6-10-13)23-11-12-7-3-1-4-8-12;13-10-6-8-12(9-7-10)16(14,15)11-4-2-1-3-5-11/h1-10H,11H2;6-9,11H,1-5H2. The lowest BCUT2D eigenvalue weighted by atomic mass is 9.91. The predicted molar refractivity (Wildman–Crippen MR) is 132 cm³/mol. The Kier molecular flexibility index (Phi) is 9.82. The Morgan fingerprint density at radius 1 is 0.692 bits per heavy atom. The zero-order valence-corrected chi connectivity index (χ0v) is 21.5. The molecule has 11 heteroatoms. The molecule has 0 amide bonds. The van der Waals surface area contributed by atoms with Gasteiger partial charge in [0.2, 0.25) is 0 Å². The third-order valence-corrected chi connectivity index (χ3v) is 8.69. The van der Waals surface area contributed by atoms with Gasteiger partial charge in [-0.25, -0.2) is 12.8 Å². The predicted octanol–water partition coefficient (Wildman–Crippen LogP) is 8.16. The number of hydrogen-bond donors (Lipinski definition) is 0. The quantitative estimate of drug-likeness (QED) is 0.220. The first-order valence-electron chi connectivity index (χ1n) is 12.2. The molecule has 1 aliphatic rings. The lowest BCUT2D eigenvalue weighted by Crippen LogP contribution is -2.55. The van der Waals surface area contributed by atoms with Crippen LogP contribution in [0.15, 0.2) is 89.8 Å². The summed E-state index contributed by atoms with van der Waals surface area (Å²) in [7, 11) is -3.25. The van der Waals surface area contributed by atoms with E-state index in [0.29, 0.717) is 0 Å². The van der Waals surface area contributed by atoms with Crippen LogP contribution in [0, 0.1) is 5.82 Å². The maximum absolute atomic E-state index is 13.4. The van der Waals surface area contributed by atoms with E-state index in [1.54, 1.807) is 6.07 Å². The van der Waals surface area contributed by atoms with E-state index in [9.17, 15) is 39.2 Å². The number of rotatable bonds is 6. The van der Waals surface area contributed by atoms with Gasteiger partial charge in [-0.05, 0) is 42.7 Å². The molecule has 0 N–H and O–H groups in total. The molecular formula is C28H27F7O3S. The van der Waals surface area contributed by atoms with Crippen LogP contribution in [0.2, 0.25) is 0 Å². The van der Waals surface area contributed by atoms with E-state index in [2.05, 4.69) is 4.74 Å². The summed E-state index contributed by atoms with van der Waals surface area (Å²) < 4.78 is 122. The zero-order valence-electron chi connectivity index (χ0n) is 20.7. The van der Waals surface area contributed by atoms with Gasteiger partial charge in [0.1, 0.15) is 5.82 Å². The van der Waals surface area contributed by atoms with E-state index in [4.69, 9.17) is 0 Å². The fraction of sp³-hybridized carbons (Fsp3) is 0.357. The Labute approximate surface area is 222 Å². The molecule has 39 heavy (non-hydrogen) atoms. The van der Waals surface area contributed by atoms with E-state index in [-0.39, 0.29) is 15.7 Å². The zero-order chi connectivity index (χ0) is 28.7. The molecule has 0 aliphatic heterocycles. The monoisotopic (exact) mass is 576 g/mol. The van der Waals surface area contributed by atoms with Crippen molar-refractivity contribution in [2.24, 2.45) is 0 Å². The van der Waals surface area contributed by atoms with Crippen molar-refractivity contribution in [2.45, 2.75) is 66.8 Å². The van der Waals surface area contributed by atoms with E-state index < -0.39 is 45.8 Å². The SMILES string of the molecule is FC(F)(F)C(OCc1ccccc1)(c1ccccc1)C(F)(F)F.O=S(=O)(c1ccc(F)cc1)C1CCCCC1. The van der Waals surface area contributed by atoms with Crippen LogP contribution < -0.4 is 0 Å². The van der Waals surface area contributed by atoms with Gasteiger partial charge in [-0.1, -0.05) is 79.9 Å². The summed E-state index contributed by atoms with van der Waals surface area (Å²) in [4.78, 5) is 0.251. The lowest BCUT2D eigenvalue weighted by Gasteiger charge is -2.37. The van der Waals surface area contributed by atoms with Gasteiger partial charge in [0.05, 0.1) is 16.8 Å². The molecule has 0 unspecified atom stereocenters. The topological polar surface area (TPSA) is 43.4 Å². The van der Waals surface area contributed by atoms with Crippen LogP contribution in [0.1, 0.15) is 43.2 Å². The summed E-state index contributed by atoms with van der Waals surface area (Å²) in [5.74, 6) is -0.400. The van der Waals surface area contributed by atoms with Gasteiger partial charge >= 0.3 is 12.4 Å². The van der Waals surface area contributed by atoms with Crippen molar-refractivity contribution in [3.05, 3.63) is 102 Å². The molecule has 212 valence electrons. The Hall–Kier alpha value is -2.92. The molecule has 1 saturated carbocycles. The highest BCUT2D eigenvalue weighted by Gasteiger charge is 2.73. The van der Waals surface area contributed by atoms with Gasteiger partial charge in [0, 0.05) is 5.56 Å². The molecule has 0 atom stereocenters. The Balaban J connectivity index is 0.000000230. The number of ether oxygens (including phenoxy) is 1. The minimum atomic E-state index is -5.67. The largest absolute Gasteiger partial charge is 0.430 e. The van der Waals surface area contributed by atoms with Crippen LogP contribution in [0.25, 0.3) is 0 Å². The highest BCUT2D eigenvalue weighted by Crippen LogP contribution is 2.53. The summed E-state index contributed by atoms with van der Waals surface area (Å²) in [6.45, 7) is -0.825. The minimum absolute atomic E-state index is 0.210. The summed E-state index contributed by atoms with van der Waals surface area (Å²) in [5, 5.41) is -0.272. The molecule has 0 aromatic heterocycles. The third kappa shape index (κ3) is 7.19. The van der Waals surface area contributed by atoms with Gasteiger partial charge < -0.3 is 4.74 Å². The summed E-state index contributed by atoms with van der Waals surface area (Å²) in [5.41, 5.74) is -5.17. The maximum atomic E-state index is 13.4. The first-order chi connectivity index (χ1) is 18.3. The van der Waals surface area contributed by atoms with Gasteiger partial charge in [-0.3, -0.25) is 0 Å². The average molecular weight is 577 g/mol. The molecule has 3 nitrogen and oxygen atoms in total. The van der Waals surface area contributed by atoms with Crippen LogP contribution in [0.5, 0.6) is 0 Å². The molecule has 1 fully saturated rings. The highest BCUT2D eigenvalue weighted by atomic mass is 32.2. The molecule has 0 bridgehead atoms. The maximum Gasteiger partial charge on any atom is 0.430 e. The fourth-order valence-corrected chi connectivity index (χ4v) is 6.22. The Morgan fingerprint density at radius 2 is 1.18 bits per heavy atom. The van der Waals surface area contributed by atoms with Crippen LogP contribution in [0.3, 0.4) is 0 Å². The van der Waals surface area contributed by atoms with Crippen molar-refractivity contribution in [2.75, 3.05) is 0 Å². The van der Waals surface area contributed by atoms with Crippen molar-refractivity contribution >= 4 is 9.84 Å². The smallest absolute Gasteiger partial charge is 0.349 e. The molecule has 3 aromatic carbocycles. The number of benzene rings is 3.